The van der Waals surface area contributed by atoms with Crippen LogP contribution < -0.4 is 11.5 Å². The molecule has 3 heterocycles. The molecule has 2 unspecified atom stereocenters. The Hall–Kier alpha value is -3.96. The minimum Gasteiger partial charge on any atom is -0.445 e. The minimum atomic E-state index is -0.647. The van der Waals surface area contributed by atoms with E-state index in [1.54, 1.807) is 37.9 Å². The zero-order valence-corrected chi connectivity index (χ0v) is 15.7. The van der Waals surface area contributed by atoms with Crippen LogP contribution in [0.2, 0.25) is 0 Å². The van der Waals surface area contributed by atoms with Gasteiger partial charge in [0.05, 0.1) is 18.3 Å². The van der Waals surface area contributed by atoms with Crippen LogP contribution in [0.4, 0.5) is 0 Å². The monoisotopic (exact) mass is 385 g/mol. The van der Waals surface area contributed by atoms with Crippen LogP contribution in [-0.4, -0.2) is 19.5 Å². The van der Waals surface area contributed by atoms with E-state index in [9.17, 15) is 5.26 Å². The van der Waals surface area contributed by atoms with Gasteiger partial charge in [0.1, 0.15) is 23.2 Å². The first-order valence-corrected chi connectivity index (χ1v) is 8.99. The fourth-order valence-corrected chi connectivity index (χ4v) is 3.51. The zero-order chi connectivity index (χ0) is 20.4. The Kier molecular flexibility index (Phi) is 4.81. The molecule has 0 radical (unpaired) electrons. The van der Waals surface area contributed by atoms with E-state index in [-0.39, 0.29) is 5.88 Å². The molecule has 1 aliphatic heterocycles. The standard InChI is InChI=1S/C21H19N7O/c1-13-17(19(23)21-26-7-2-8-27-21)18(16(11-22)20(24)29-13)14-3-5-15(6-4-14)28-10-9-25-12-28/h2-10,12,18-19H,23-24H2,1H3. The number of nitriles is 1. The van der Waals surface area contributed by atoms with E-state index in [1.165, 1.54) is 0 Å². The lowest BCUT2D eigenvalue weighted by molar-refractivity contribution is 0.275. The zero-order valence-electron chi connectivity index (χ0n) is 15.7. The summed E-state index contributed by atoms with van der Waals surface area (Å²) < 4.78 is 7.54. The number of hydrogen-bond donors (Lipinski definition) is 2. The molecule has 0 fully saturated rings. The topological polar surface area (TPSA) is 129 Å². The molecule has 1 aromatic carbocycles. The molecule has 2 atom stereocenters. The summed E-state index contributed by atoms with van der Waals surface area (Å²) in [4.78, 5) is 12.6. The second kappa shape index (κ2) is 7.58. The van der Waals surface area contributed by atoms with Crippen LogP contribution in [0.3, 0.4) is 0 Å². The fourth-order valence-electron chi connectivity index (χ4n) is 3.51. The van der Waals surface area contributed by atoms with Crippen LogP contribution in [-0.2, 0) is 4.74 Å². The third kappa shape index (κ3) is 3.35. The lowest BCUT2D eigenvalue weighted by Gasteiger charge is -2.31. The molecule has 0 amide bonds. The average molecular weight is 385 g/mol. The third-order valence-corrected chi connectivity index (χ3v) is 4.88. The Bertz CT molecular complexity index is 1110. The van der Waals surface area contributed by atoms with Crippen molar-refractivity contribution in [3.63, 3.8) is 0 Å². The van der Waals surface area contributed by atoms with Gasteiger partial charge in [-0.05, 0) is 30.7 Å². The van der Waals surface area contributed by atoms with Crippen molar-refractivity contribution in [1.29, 1.82) is 5.26 Å². The molecule has 0 spiro atoms. The van der Waals surface area contributed by atoms with Crippen LogP contribution in [0.25, 0.3) is 5.69 Å². The Balaban J connectivity index is 1.80. The van der Waals surface area contributed by atoms with Crippen LogP contribution in [0.15, 0.2) is 84.2 Å². The number of benzene rings is 1. The molecule has 0 saturated heterocycles. The molecular weight excluding hydrogens is 366 g/mol. The summed E-state index contributed by atoms with van der Waals surface area (Å²) >= 11 is 0. The first-order valence-electron chi connectivity index (χ1n) is 8.99. The molecule has 1 aliphatic rings. The van der Waals surface area contributed by atoms with E-state index >= 15 is 0 Å². The quantitative estimate of drug-likeness (QED) is 0.705. The van der Waals surface area contributed by atoms with Crippen molar-refractivity contribution >= 4 is 0 Å². The van der Waals surface area contributed by atoms with Crippen LogP contribution in [0, 0.1) is 11.3 Å². The number of rotatable bonds is 4. The first-order chi connectivity index (χ1) is 14.1. The molecule has 0 saturated carbocycles. The van der Waals surface area contributed by atoms with E-state index in [0.717, 1.165) is 11.3 Å². The largest absolute Gasteiger partial charge is 0.445 e. The van der Waals surface area contributed by atoms with Crippen molar-refractivity contribution in [1.82, 2.24) is 19.5 Å². The molecule has 4 rings (SSSR count). The molecule has 3 aromatic rings. The Labute approximate surface area is 167 Å². The van der Waals surface area contributed by atoms with Gasteiger partial charge in [-0.15, -0.1) is 0 Å². The number of hydrogen-bond acceptors (Lipinski definition) is 7. The van der Waals surface area contributed by atoms with Gasteiger partial charge in [-0.25, -0.2) is 15.0 Å². The summed E-state index contributed by atoms with van der Waals surface area (Å²) in [5, 5.41) is 9.78. The summed E-state index contributed by atoms with van der Waals surface area (Å²) in [5.74, 6) is 0.622. The highest BCUT2D eigenvalue weighted by Crippen LogP contribution is 2.43. The summed E-state index contributed by atoms with van der Waals surface area (Å²) in [5.41, 5.74) is 15.4. The SMILES string of the molecule is CC1=C(C(N)c2ncccn2)C(c2ccc(-n3ccnc3)cc2)C(C#N)=C(N)O1. The second-order valence-electron chi connectivity index (χ2n) is 6.58. The van der Waals surface area contributed by atoms with Crippen LogP contribution in [0.1, 0.15) is 30.3 Å². The molecule has 144 valence electrons. The first kappa shape index (κ1) is 18.4. The van der Waals surface area contributed by atoms with E-state index in [0.29, 0.717) is 22.7 Å². The van der Waals surface area contributed by atoms with Gasteiger partial charge in [0.15, 0.2) is 0 Å². The van der Waals surface area contributed by atoms with Gasteiger partial charge in [0.2, 0.25) is 5.88 Å². The highest BCUT2D eigenvalue weighted by molar-refractivity contribution is 5.52. The van der Waals surface area contributed by atoms with Gasteiger partial charge < -0.3 is 20.8 Å². The molecule has 0 bridgehead atoms. The summed E-state index contributed by atoms with van der Waals surface area (Å²) in [6, 6.07) is 11.1. The van der Waals surface area contributed by atoms with E-state index in [4.69, 9.17) is 16.2 Å². The fraction of sp³-hybridized carbons (Fsp3) is 0.143. The normalized spacial score (nSPS) is 17.6. The molecule has 0 aliphatic carbocycles. The van der Waals surface area contributed by atoms with Crippen molar-refractivity contribution < 1.29 is 4.74 Å². The van der Waals surface area contributed by atoms with E-state index in [1.807, 2.05) is 35.0 Å². The maximum atomic E-state index is 9.78. The van der Waals surface area contributed by atoms with Gasteiger partial charge in [-0.1, -0.05) is 12.1 Å². The van der Waals surface area contributed by atoms with E-state index < -0.39 is 12.0 Å². The minimum absolute atomic E-state index is 0.0821. The highest BCUT2D eigenvalue weighted by Gasteiger charge is 2.35. The Morgan fingerprint density at radius 3 is 2.52 bits per heavy atom. The molecule has 4 N–H and O–H groups in total. The Morgan fingerprint density at radius 1 is 1.17 bits per heavy atom. The number of nitrogens with two attached hydrogens (primary N) is 2. The van der Waals surface area contributed by atoms with Crippen LogP contribution >= 0.6 is 0 Å². The van der Waals surface area contributed by atoms with E-state index in [2.05, 4.69) is 21.0 Å². The number of imidazole rings is 1. The molecule has 2 aromatic heterocycles. The smallest absolute Gasteiger partial charge is 0.205 e. The number of aromatic nitrogens is 4. The lowest BCUT2D eigenvalue weighted by atomic mass is 9.79. The average Bonchev–Trinajstić information content (AvgIpc) is 3.28. The predicted octanol–water partition coefficient (Wildman–Crippen LogP) is 2.44. The molecule has 8 heteroatoms. The van der Waals surface area contributed by atoms with Crippen molar-refractivity contribution in [3.8, 4) is 11.8 Å². The predicted molar refractivity (Wildman–Crippen MR) is 106 cm³/mol. The molecular formula is C21H19N7O. The molecule has 8 nitrogen and oxygen atoms in total. The van der Waals surface area contributed by atoms with Crippen LogP contribution in [0.5, 0.6) is 0 Å². The number of ether oxygens (including phenoxy) is 1. The van der Waals surface area contributed by atoms with Gasteiger partial charge in [-0.2, -0.15) is 5.26 Å². The van der Waals surface area contributed by atoms with Crippen molar-refractivity contribution in [2.75, 3.05) is 0 Å². The van der Waals surface area contributed by atoms with Crippen molar-refractivity contribution in [3.05, 3.63) is 95.6 Å². The third-order valence-electron chi connectivity index (χ3n) is 4.88. The lowest BCUT2D eigenvalue weighted by Crippen LogP contribution is -2.28. The highest BCUT2D eigenvalue weighted by atomic mass is 16.5. The van der Waals surface area contributed by atoms with Gasteiger partial charge >= 0.3 is 0 Å². The van der Waals surface area contributed by atoms with Gasteiger partial charge in [-0.3, -0.25) is 0 Å². The number of nitrogens with zero attached hydrogens (tertiary/aromatic N) is 5. The Morgan fingerprint density at radius 2 is 1.90 bits per heavy atom. The second-order valence-corrected chi connectivity index (χ2v) is 6.58. The summed E-state index contributed by atoms with van der Waals surface area (Å²) in [6.07, 6.45) is 8.56. The van der Waals surface area contributed by atoms with Gasteiger partial charge in [0.25, 0.3) is 0 Å². The maximum Gasteiger partial charge on any atom is 0.205 e. The van der Waals surface area contributed by atoms with Crippen molar-refractivity contribution in [2.45, 2.75) is 18.9 Å². The van der Waals surface area contributed by atoms with Gasteiger partial charge in [0, 0.05) is 36.0 Å². The number of allylic oxidation sites excluding steroid dienone is 2. The molecule has 29 heavy (non-hydrogen) atoms. The van der Waals surface area contributed by atoms with Crippen molar-refractivity contribution in [2.24, 2.45) is 11.5 Å². The maximum absolute atomic E-state index is 9.78. The summed E-state index contributed by atoms with van der Waals surface area (Å²) in [6.45, 7) is 1.78. The summed E-state index contributed by atoms with van der Waals surface area (Å²) in [7, 11) is 0.